The summed E-state index contributed by atoms with van der Waals surface area (Å²) in [6, 6.07) is 3.75. The number of rotatable bonds is 5. The third-order valence-corrected chi connectivity index (χ3v) is 2.91. The van der Waals surface area contributed by atoms with Crippen LogP contribution in [0, 0.1) is 6.92 Å². The molecule has 3 N–H and O–H groups in total. The number of benzene rings is 1. The van der Waals surface area contributed by atoms with Crippen LogP contribution in [0.2, 0.25) is 0 Å². The maximum atomic E-state index is 11.6. The fourth-order valence-electron chi connectivity index (χ4n) is 1.48. The number of anilines is 2. The Balaban J connectivity index is 2.65. The number of methoxy groups -OCH3 is 1. The predicted octanol–water partition coefficient (Wildman–Crippen LogP) is 2.70. The Morgan fingerprint density at radius 2 is 2.24 bits per heavy atom. The second-order valence-electron chi connectivity index (χ2n) is 3.86. The van der Waals surface area contributed by atoms with Gasteiger partial charge in [0.25, 0.3) is 0 Å². The van der Waals surface area contributed by atoms with E-state index in [9.17, 15) is 4.79 Å². The monoisotopic (exact) mass is 300 g/mol. The SMILES string of the molecule is COCCCC(=O)Nc1c(N)cc(C)cc1Br. The van der Waals surface area contributed by atoms with E-state index in [0.29, 0.717) is 30.8 Å². The van der Waals surface area contributed by atoms with E-state index in [1.165, 1.54) is 0 Å². The van der Waals surface area contributed by atoms with Gasteiger partial charge in [-0.2, -0.15) is 0 Å². The van der Waals surface area contributed by atoms with E-state index in [2.05, 4.69) is 21.2 Å². The second kappa shape index (κ2) is 6.61. The van der Waals surface area contributed by atoms with E-state index in [-0.39, 0.29) is 5.91 Å². The van der Waals surface area contributed by atoms with E-state index in [0.717, 1.165) is 10.0 Å². The van der Waals surface area contributed by atoms with Crippen LogP contribution in [0.4, 0.5) is 11.4 Å². The first-order valence-corrected chi connectivity index (χ1v) is 6.18. The maximum absolute atomic E-state index is 11.6. The van der Waals surface area contributed by atoms with E-state index in [1.807, 2.05) is 19.1 Å². The molecule has 0 atom stereocenters. The molecular formula is C12H17BrN2O2. The Hall–Kier alpha value is -1.07. The normalized spacial score (nSPS) is 10.3. The number of ether oxygens (including phenoxy) is 1. The molecule has 0 radical (unpaired) electrons. The number of hydrogen-bond acceptors (Lipinski definition) is 3. The van der Waals surface area contributed by atoms with Crippen molar-refractivity contribution in [2.75, 3.05) is 24.8 Å². The van der Waals surface area contributed by atoms with Crippen LogP contribution < -0.4 is 11.1 Å². The smallest absolute Gasteiger partial charge is 0.224 e. The number of nitrogens with one attached hydrogen (secondary N) is 1. The highest BCUT2D eigenvalue weighted by Crippen LogP contribution is 2.30. The summed E-state index contributed by atoms with van der Waals surface area (Å²) in [4.78, 5) is 11.6. The summed E-state index contributed by atoms with van der Waals surface area (Å²) in [7, 11) is 1.62. The van der Waals surface area contributed by atoms with Gasteiger partial charge >= 0.3 is 0 Å². The Labute approximate surface area is 110 Å². The van der Waals surface area contributed by atoms with Crippen molar-refractivity contribution >= 4 is 33.2 Å². The summed E-state index contributed by atoms with van der Waals surface area (Å²) in [5, 5.41) is 2.80. The van der Waals surface area contributed by atoms with Gasteiger partial charge in [-0.1, -0.05) is 0 Å². The van der Waals surface area contributed by atoms with Crippen LogP contribution in [-0.4, -0.2) is 19.6 Å². The highest BCUT2D eigenvalue weighted by molar-refractivity contribution is 9.10. The first kappa shape index (κ1) is 14.0. The molecule has 0 aliphatic carbocycles. The minimum absolute atomic E-state index is 0.0571. The van der Waals surface area contributed by atoms with Crippen molar-refractivity contribution in [2.24, 2.45) is 0 Å². The Kier molecular flexibility index (Phi) is 5.44. The third kappa shape index (κ3) is 4.36. The Morgan fingerprint density at radius 1 is 1.53 bits per heavy atom. The number of amides is 1. The van der Waals surface area contributed by atoms with Crippen LogP contribution in [0.1, 0.15) is 18.4 Å². The largest absolute Gasteiger partial charge is 0.397 e. The van der Waals surface area contributed by atoms with Gasteiger partial charge in [-0.15, -0.1) is 0 Å². The minimum Gasteiger partial charge on any atom is -0.397 e. The molecule has 1 aromatic rings. The molecule has 0 spiro atoms. The first-order valence-electron chi connectivity index (χ1n) is 5.39. The van der Waals surface area contributed by atoms with Crippen LogP contribution in [0.15, 0.2) is 16.6 Å². The van der Waals surface area contributed by atoms with E-state index >= 15 is 0 Å². The molecule has 0 unspecified atom stereocenters. The van der Waals surface area contributed by atoms with Gasteiger partial charge in [0, 0.05) is 24.6 Å². The van der Waals surface area contributed by atoms with Crippen molar-refractivity contribution in [3.63, 3.8) is 0 Å². The second-order valence-corrected chi connectivity index (χ2v) is 4.71. The van der Waals surface area contributed by atoms with Gasteiger partial charge in [-0.3, -0.25) is 4.79 Å². The number of aryl methyl sites for hydroxylation is 1. The highest BCUT2D eigenvalue weighted by Gasteiger charge is 2.09. The highest BCUT2D eigenvalue weighted by atomic mass is 79.9. The molecule has 1 rings (SSSR count). The fourth-order valence-corrected chi connectivity index (χ4v) is 2.17. The Morgan fingerprint density at radius 3 is 2.82 bits per heavy atom. The van der Waals surface area contributed by atoms with Gasteiger partial charge < -0.3 is 15.8 Å². The Bertz CT molecular complexity index is 384. The molecule has 0 aromatic heterocycles. The number of halogens is 1. The number of carbonyl (C=O) groups is 1. The fraction of sp³-hybridized carbons (Fsp3) is 0.417. The van der Waals surface area contributed by atoms with Crippen molar-refractivity contribution in [1.82, 2.24) is 0 Å². The van der Waals surface area contributed by atoms with Gasteiger partial charge in [-0.05, 0) is 47.0 Å². The summed E-state index contributed by atoms with van der Waals surface area (Å²) in [5.74, 6) is -0.0571. The predicted molar refractivity (Wildman–Crippen MR) is 73.0 cm³/mol. The molecule has 0 aliphatic heterocycles. The maximum Gasteiger partial charge on any atom is 0.224 e. The molecular weight excluding hydrogens is 284 g/mol. The van der Waals surface area contributed by atoms with Gasteiger partial charge in [0.2, 0.25) is 5.91 Å². The van der Waals surface area contributed by atoms with Gasteiger partial charge in [0.05, 0.1) is 11.4 Å². The van der Waals surface area contributed by atoms with E-state index < -0.39 is 0 Å². The van der Waals surface area contributed by atoms with Crippen molar-refractivity contribution in [3.05, 3.63) is 22.2 Å². The molecule has 0 saturated heterocycles. The zero-order chi connectivity index (χ0) is 12.8. The quantitative estimate of drug-likeness (QED) is 0.649. The number of nitrogen functional groups attached to an aromatic ring is 1. The number of nitrogens with two attached hydrogens (primary N) is 1. The minimum atomic E-state index is -0.0571. The lowest BCUT2D eigenvalue weighted by molar-refractivity contribution is -0.116. The summed E-state index contributed by atoms with van der Waals surface area (Å²) in [5.41, 5.74) is 8.11. The standard InChI is InChI=1S/C12H17BrN2O2/c1-8-6-9(13)12(10(14)7-8)15-11(16)4-3-5-17-2/h6-7H,3-5,14H2,1-2H3,(H,15,16). The van der Waals surface area contributed by atoms with E-state index in [1.54, 1.807) is 7.11 Å². The molecule has 5 heteroatoms. The molecule has 94 valence electrons. The molecule has 17 heavy (non-hydrogen) atoms. The molecule has 0 fully saturated rings. The summed E-state index contributed by atoms with van der Waals surface area (Å²) < 4.78 is 5.69. The lowest BCUT2D eigenvalue weighted by Crippen LogP contribution is -2.14. The molecule has 0 saturated carbocycles. The van der Waals surface area contributed by atoms with Crippen molar-refractivity contribution in [2.45, 2.75) is 19.8 Å². The van der Waals surface area contributed by atoms with Crippen molar-refractivity contribution < 1.29 is 9.53 Å². The summed E-state index contributed by atoms with van der Waals surface area (Å²) >= 11 is 3.39. The molecule has 0 aliphatic rings. The third-order valence-electron chi connectivity index (χ3n) is 2.28. The van der Waals surface area contributed by atoms with Gasteiger partial charge in [0.15, 0.2) is 0 Å². The molecule has 0 bridgehead atoms. The van der Waals surface area contributed by atoms with E-state index in [4.69, 9.17) is 10.5 Å². The molecule has 1 amide bonds. The number of hydrogen-bond donors (Lipinski definition) is 2. The van der Waals surface area contributed by atoms with Crippen LogP contribution >= 0.6 is 15.9 Å². The zero-order valence-electron chi connectivity index (χ0n) is 10.0. The topological polar surface area (TPSA) is 64.3 Å². The van der Waals surface area contributed by atoms with Crippen LogP contribution in [0.25, 0.3) is 0 Å². The molecule has 1 aromatic carbocycles. The van der Waals surface area contributed by atoms with Crippen molar-refractivity contribution in [1.29, 1.82) is 0 Å². The average molecular weight is 301 g/mol. The van der Waals surface area contributed by atoms with Gasteiger partial charge in [0.1, 0.15) is 0 Å². The van der Waals surface area contributed by atoms with Gasteiger partial charge in [-0.25, -0.2) is 0 Å². The number of carbonyl (C=O) groups excluding carboxylic acids is 1. The first-order chi connectivity index (χ1) is 8.04. The van der Waals surface area contributed by atoms with Crippen LogP contribution in [-0.2, 0) is 9.53 Å². The van der Waals surface area contributed by atoms with Crippen LogP contribution in [0.3, 0.4) is 0 Å². The lowest BCUT2D eigenvalue weighted by atomic mass is 10.2. The van der Waals surface area contributed by atoms with Crippen LogP contribution in [0.5, 0.6) is 0 Å². The molecule has 4 nitrogen and oxygen atoms in total. The summed E-state index contributed by atoms with van der Waals surface area (Å²) in [6.45, 7) is 2.53. The summed E-state index contributed by atoms with van der Waals surface area (Å²) in [6.07, 6.45) is 1.12. The zero-order valence-corrected chi connectivity index (χ0v) is 11.6. The van der Waals surface area contributed by atoms with Crippen molar-refractivity contribution in [3.8, 4) is 0 Å². The average Bonchev–Trinajstić information content (AvgIpc) is 2.24. The lowest BCUT2D eigenvalue weighted by Gasteiger charge is -2.11. The molecule has 0 heterocycles.